The average Bonchev–Trinajstić information content (AvgIpc) is 2.64. The summed E-state index contributed by atoms with van der Waals surface area (Å²) >= 11 is 9.83. The fourth-order valence-corrected chi connectivity index (χ4v) is 3.42. The van der Waals surface area contributed by atoms with Crippen molar-refractivity contribution in [3.05, 3.63) is 63.1 Å². The third-order valence-corrected chi connectivity index (χ3v) is 4.65. The van der Waals surface area contributed by atoms with E-state index in [1.54, 1.807) is 6.07 Å². The number of hydrogen-bond acceptors (Lipinski definition) is 2. The Labute approximate surface area is 147 Å². The van der Waals surface area contributed by atoms with Gasteiger partial charge in [-0.15, -0.1) is 0 Å². The normalized spacial score (nSPS) is 17.3. The lowest BCUT2D eigenvalue weighted by Crippen LogP contribution is -2.37. The molecule has 0 bridgehead atoms. The smallest absolute Gasteiger partial charge is 0.244 e. The number of hydrogen-bond donors (Lipinski definition) is 1. The number of benzene rings is 2. The van der Waals surface area contributed by atoms with E-state index in [0.29, 0.717) is 10.7 Å². The van der Waals surface area contributed by atoms with Gasteiger partial charge in [0.25, 0.3) is 0 Å². The van der Waals surface area contributed by atoms with E-state index in [1.807, 2.05) is 36.4 Å². The lowest BCUT2D eigenvalue weighted by Gasteiger charge is -2.30. The molecule has 3 rings (SSSR count). The summed E-state index contributed by atoms with van der Waals surface area (Å²) in [5.41, 5.74) is 2.31. The number of amides is 2. The summed E-state index contributed by atoms with van der Waals surface area (Å²) in [6, 6.07) is 12.5. The summed E-state index contributed by atoms with van der Waals surface area (Å²) in [6.07, 6.45) is 0. The maximum atomic E-state index is 12.2. The molecule has 4 nitrogen and oxygen atoms in total. The minimum absolute atomic E-state index is 0.0163. The van der Waals surface area contributed by atoms with Crippen molar-refractivity contribution in [2.45, 2.75) is 13.0 Å². The van der Waals surface area contributed by atoms with E-state index in [-0.39, 0.29) is 18.4 Å². The highest BCUT2D eigenvalue weighted by molar-refractivity contribution is 9.10. The lowest BCUT2D eigenvalue weighted by molar-refractivity contribution is -0.134. The molecule has 1 aliphatic heterocycles. The molecule has 23 heavy (non-hydrogen) atoms. The van der Waals surface area contributed by atoms with Gasteiger partial charge in [-0.3, -0.25) is 9.59 Å². The molecular weight excluding hydrogens is 380 g/mol. The molecule has 0 saturated heterocycles. The van der Waals surface area contributed by atoms with Crippen LogP contribution in [0.2, 0.25) is 5.02 Å². The highest BCUT2D eigenvalue weighted by atomic mass is 79.9. The summed E-state index contributed by atoms with van der Waals surface area (Å²) in [4.78, 5) is 25.9. The van der Waals surface area contributed by atoms with Crippen molar-refractivity contribution < 1.29 is 9.59 Å². The summed E-state index contributed by atoms with van der Waals surface area (Å²) in [5.74, 6) is -0.406. The number of carbonyl (C=O) groups is 2. The molecule has 1 unspecified atom stereocenters. The fourth-order valence-electron chi connectivity index (χ4n) is 2.80. The number of halogens is 2. The van der Waals surface area contributed by atoms with Gasteiger partial charge >= 0.3 is 0 Å². The molecule has 0 saturated carbocycles. The highest BCUT2D eigenvalue weighted by Gasteiger charge is 2.33. The predicted molar refractivity (Wildman–Crippen MR) is 93.5 cm³/mol. The van der Waals surface area contributed by atoms with Crippen LogP contribution in [-0.4, -0.2) is 23.3 Å². The van der Waals surface area contributed by atoms with E-state index >= 15 is 0 Å². The van der Waals surface area contributed by atoms with Crippen LogP contribution in [-0.2, 0) is 9.59 Å². The Hall–Kier alpha value is -1.85. The largest absolute Gasteiger partial charge is 0.324 e. The number of nitrogens with one attached hydrogen (secondary N) is 1. The predicted octanol–water partition coefficient (Wildman–Crippen LogP) is 3.99. The van der Waals surface area contributed by atoms with Crippen LogP contribution in [0.3, 0.4) is 0 Å². The zero-order valence-electron chi connectivity index (χ0n) is 12.3. The number of rotatable bonds is 1. The quantitative estimate of drug-likeness (QED) is 0.796. The summed E-state index contributed by atoms with van der Waals surface area (Å²) in [7, 11) is 0. The van der Waals surface area contributed by atoms with Crippen LogP contribution in [0.25, 0.3) is 0 Å². The Balaban J connectivity index is 2.26. The maximum Gasteiger partial charge on any atom is 0.244 e. The fraction of sp³-hybridized carbons (Fsp3) is 0.176. The van der Waals surface area contributed by atoms with Gasteiger partial charge in [0, 0.05) is 27.7 Å². The maximum absolute atomic E-state index is 12.2. The monoisotopic (exact) mass is 392 g/mol. The Morgan fingerprint density at radius 1 is 1.26 bits per heavy atom. The van der Waals surface area contributed by atoms with Gasteiger partial charge in [0.1, 0.15) is 6.54 Å². The van der Waals surface area contributed by atoms with Crippen molar-refractivity contribution in [1.29, 1.82) is 0 Å². The summed E-state index contributed by atoms with van der Waals surface area (Å²) in [6.45, 7) is 1.44. The van der Waals surface area contributed by atoms with Gasteiger partial charge in [0.15, 0.2) is 0 Å². The Bertz CT molecular complexity index is 794. The zero-order chi connectivity index (χ0) is 16.6. The third kappa shape index (κ3) is 3.12. The van der Waals surface area contributed by atoms with Crippen LogP contribution < -0.4 is 5.32 Å². The molecule has 0 aromatic heterocycles. The first-order valence-electron chi connectivity index (χ1n) is 7.08. The standard InChI is InChI=1S/C17H14BrClN2O2/c1-10(22)21-9-16(23)20-15-7-6-11(18)8-13(15)17(21)12-4-2-3-5-14(12)19/h2-8,17H,9H2,1H3,(H,20,23). The highest BCUT2D eigenvalue weighted by Crippen LogP contribution is 2.39. The van der Waals surface area contributed by atoms with Crippen molar-refractivity contribution in [1.82, 2.24) is 4.90 Å². The molecule has 2 amide bonds. The molecule has 1 aliphatic rings. The van der Waals surface area contributed by atoms with Gasteiger partial charge in [0.2, 0.25) is 11.8 Å². The molecule has 2 aromatic carbocycles. The summed E-state index contributed by atoms with van der Waals surface area (Å²) in [5, 5.41) is 3.42. The van der Waals surface area contributed by atoms with E-state index in [9.17, 15) is 9.59 Å². The molecule has 0 radical (unpaired) electrons. The molecule has 0 spiro atoms. The molecule has 1 atom stereocenters. The molecule has 6 heteroatoms. The topological polar surface area (TPSA) is 49.4 Å². The zero-order valence-corrected chi connectivity index (χ0v) is 14.7. The molecule has 1 heterocycles. The van der Waals surface area contributed by atoms with Crippen LogP contribution in [0.5, 0.6) is 0 Å². The van der Waals surface area contributed by atoms with Crippen molar-refractivity contribution in [3.8, 4) is 0 Å². The van der Waals surface area contributed by atoms with Crippen LogP contribution >= 0.6 is 27.5 Å². The SMILES string of the molecule is CC(=O)N1CC(=O)Nc2ccc(Br)cc2C1c1ccccc1Cl. The first-order chi connectivity index (χ1) is 11.0. The van der Waals surface area contributed by atoms with Gasteiger partial charge in [-0.1, -0.05) is 45.7 Å². The van der Waals surface area contributed by atoms with E-state index in [0.717, 1.165) is 15.6 Å². The second-order valence-electron chi connectivity index (χ2n) is 5.35. The molecular formula is C17H14BrClN2O2. The second kappa shape index (κ2) is 6.34. The van der Waals surface area contributed by atoms with Crippen molar-refractivity contribution in [2.75, 3.05) is 11.9 Å². The van der Waals surface area contributed by atoms with Crippen LogP contribution in [0.1, 0.15) is 24.1 Å². The van der Waals surface area contributed by atoms with E-state index < -0.39 is 6.04 Å². The van der Waals surface area contributed by atoms with Crippen LogP contribution in [0.15, 0.2) is 46.9 Å². The lowest BCUT2D eigenvalue weighted by atomic mass is 9.96. The number of fused-ring (bicyclic) bond motifs is 1. The Morgan fingerprint density at radius 2 is 2.00 bits per heavy atom. The first-order valence-corrected chi connectivity index (χ1v) is 8.25. The van der Waals surface area contributed by atoms with E-state index in [1.165, 1.54) is 11.8 Å². The second-order valence-corrected chi connectivity index (χ2v) is 6.67. The number of carbonyl (C=O) groups excluding carboxylic acids is 2. The molecule has 0 fully saturated rings. The number of nitrogens with zero attached hydrogens (tertiary/aromatic N) is 1. The molecule has 2 aromatic rings. The minimum atomic E-state index is -0.423. The van der Waals surface area contributed by atoms with Gasteiger partial charge in [-0.2, -0.15) is 0 Å². The number of anilines is 1. The van der Waals surface area contributed by atoms with Gasteiger partial charge in [-0.05, 0) is 29.8 Å². The van der Waals surface area contributed by atoms with E-state index in [4.69, 9.17) is 11.6 Å². The van der Waals surface area contributed by atoms with Crippen molar-refractivity contribution in [3.63, 3.8) is 0 Å². The van der Waals surface area contributed by atoms with Gasteiger partial charge in [-0.25, -0.2) is 0 Å². The average molecular weight is 394 g/mol. The summed E-state index contributed by atoms with van der Waals surface area (Å²) < 4.78 is 0.868. The molecule has 118 valence electrons. The molecule has 1 N–H and O–H groups in total. The Morgan fingerprint density at radius 3 is 2.70 bits per heavy atom. The van der Waals surface area contributed by atoms with E-state index in [2.05, 4.69) is 21.2 Å². The van der Waals surface area contributed by atoms with Crippen molar-refractivity contribution in [2.24, 2.45) is 0 Å². The van der Waals surface area contributed by atoms with Crippen LogP contribution in [0, 0.1) is 0 Å². The third-order valence-electron chi connectivity index (χ3n) is 3.81. The van der Waals surface area contributed by atoms with Crippen LogP contribution in [0.4, 0.5) is 5.69 Å². The van der Waals surface area contributed by atoms with Crippen molar-refractivity contribution >= 4 is 45.0 Å². The minimum Gasteiger partial charge on any atom is -0.324 e. The van der Waals surface area contributed by atoms with Gasteiger partial charge < -0.3 is 10.2 Å². The van der Waals surface area contributed by atoms with Gasteiger partial charge in [0.05, 0.1) is 6.04 Å². The Kier molecular flexibility index (Phi) is 4.41. The first kappa shape index (κ1) is 16.0. The molecule has 0 aliphatic carbocycles.